The molecule has 2 aliphatic heterocycles. The zero-order chi connectivity index (χ0) is 15.9. The van der Waals surface area contributed by atoms with Gasteiger partial charge in [-0.15, -0.1) is 6.58 Å². The van der Waals surface area contributed by atoms with E-state index in [9.17, 15) is 14.7 Å². The molecule has 2 aliphatic rings. The third-order valence-electron chi connectivity index (χ3n) is 4.01. The second-order valence-electron chi connectivity index (χ2n) is 5.37. The van der Waals surface area contributed by atoms with Crippen LogP contribution < -0.4 is 5.32 Å². The molecule has 2 N–H and O–H groups in total. The van der Waals surface area contributed by atoms with Gasteiger partial charge in [0.15, 0.2) is 0 Å². The lowest BCUT2D eigenvalue weighted by Crippen LogP contribution is -2.45. The molecule has 0 aromatic heterocycles. The van der Waals surface area contributed by atoms with Gasteiger partial charge < -0.3 is 15.3 Å². The molecule has 2 heterocycles. The molecule has 6 nitrogen and oxygen atoms in total. The molecule has 0 aliphatic carbocycles. The number of benzene rings is 1. The molecule has 6 heteroatoms. The lowest BCUT2D eigenvalue weighted by molar-refractivity contribution is -0.125. The third-order valence-corrected chi connectivity index (χ3v) is 4.01. The fourth-order valence-electron chi connectivity index (χ4n) is 2.84. The maximum atomic E-state index is 12.6. The number of carbonyl (C=O) groups is 2. The van der Waals surface area contributed by atoms with E-state index in [1.807, 2.05) is 0 Å². The number of hydrogen-bond donors (Lipinski definition) is 2. The normalized spacial score (nSPS) is 21.0. The second-order valence-corrected chi connectivity index (χ2v) is 5.37. The quantitative estimate of drug-likeness (QED) is 0.828. The summed E-state index contributed by atoms with van der Waals surface area (Å²) in [6.07, 6.45) is 1.67. The first-order valence-electron chi connectivity index (χ1n) is 6.99. The summed E-state index contributed by atoms with van der Waals surface area (Å²) in [5.41, 5.74) is 2.06. The summed E-state index contributed by atoms with van der Waals surface area (Å²) in [6.45, 7) is 4.50. The van der Waals surface area contributed by atoms with Crippen LogP contribution in [-0.2, 0) is 4.79 Å². The van der Waals surface area contributed by atoms with Crippen molar-refractivity contribution >= 4 is 11.9 Å². The van der Waals surface area contributed by atoms with Crippen LogP contribution in [0.2, 0.25) is 0 Å². The number of amides is 3. The van der Waals surface area contributed by atoms with Gasteiger partial charge in [0.2, 0.25) is 0 Å². The van der Waals surface area contributed by atoms with Crippen LogP contribution in [-0.4, -0.2) is 47.0 Å². The van der Waals surface area contributed by atoms with Gasteiger partial charge in [-0.25, -0.2) is 4.79 Å². The van der Waals surface area contributed by atoms with Gasteiger partial charge in [0, 0.05) is 13.6 Å². The molecule has 0 bridgehead atoms. The molecule has 0 unspecified atom stereocenters. The Morgan fingerprint density at radius 1 is 1.36 bits per heavy atom. The van der Waals surface area contributed by atoms with Crippen LogP contribution in [0.4, 0.5) is 4.79 Å². The third kappa shape index (κ3) is 2.13. The number of phenols is 1. The van der Waals surface area contributed by atoms with Crippen LogP contribution in [0.1, 0.15) is 11.6 Å². The van der Waals surface area contributed by atoms with E-state index in [1.165, 1.54) is 4.90 Å². The maximum absolute atomic E-state index is 12.6. The minimum atomic E-state index is -0.499. The van der Waals surface area contributed by atoms with Gasteiger partial charge in [-0.2, -0.15) is 0 Å². The highest BCUT2D eigenvalue weighted by molar-refractivity contribution is 6.01. The van der Waals surface area contributed by atoms with E-state index in [2.05, 4.69) is 11.9 Å². The maximum Gasteiger partial charge on any atom is 0.322 e. The number of aromatic hydroxyl groups is 1. The average molecular weight is 299 g/mol. The fraction of sp³-hybridized carbons (Fsp3) is 0.250. The monoisotopic (exact) mass is 299 g/mol. The summed E-state index contributed by atoms with van der Waals surface area (Å²) >= 11 is 0. The lowest BCUT2D eigenvalue weighted by atomic mass is 9.96. The van der Waals surface area contributed by atoms with Crippen molar-refractivity contribution in [2.75, 3.05) is 20.1 Å². The van der Waals surface area contributed by atoms with Gasteiger partial charge in [0.05, 0.1) is 23.9 Å². The molecule has 3 rings (SSSR count). The van der Waals surface area contributed by atoms with Crippen molar-refractivity contribution in [3.8, 4) is 5.75 Å². The number of nitrogens with one attached hydrogen (secondary N) is 1. The highest BCUT2D eigenvalue weighted by atomic mass is 16.3. The number of phenolic OH excluding ortho intramolecular Hbond substituents is 1. The standard InChI is InChI=1S/C16H17N3O3/c1-3-8-19-9-12-13(15(19)21)14(17-16(22)18(12)2)10-4-6-11(20)7-5-10/h3-7,14,20H,1,8-9H2,2H3,(H,17,22)/t14-/m0/s1. The van der Waals surface area contributed by atoms with Gasteiger partial charge in [-0.1, -0.05) is 18.2 Å². The molecule has 1 aromatic carbocycles. The Bertz CT molecular complexity index is 678. The summed E-state index contributed by atoms with van der Waals surface area (Å²) in [4.78, 5) is 27.9. The summed E-state index contributed by atoms with van der Waals surface area (Å²) < 4.78 is 0. The largest absolute Gasteiger partial charge is 0.508 e. The van der Waals surface area contributed by atoms with Crippen molar-refractivity contribution in [3.05, 3.63) is 53.8 Å². The predicted octanol–water partition coefficient (Wildman–Crippen LogP) is 1.37. The van der Waals surface area contributed by atoms with E-state index in [0.29, 0.717) is 24.4 Å². The van der Waals surface area contributed by atoms with Crippen molar-refractivity contribution in [1.82, 2.24) is 15.1 Å². The Morgan fingerprint density at radius 2 is 2.05 bits per heavy atom. The Hall–Kier alpha value is -2.76. The summed E-state index contributed by atoms with van der Waals surface area (Å²) in [6, 6.07) is 5.76. The van der Waals surface area contributed by atoms with Gasteiger partial charge in [-0.3, -0.25) is 9.69 Å². The van der Waals surface area contributed by atoms with Gasteiger partial charge >= 0.3 is 6.03 Å². The van der Waals surface area contributed by atoms with E-state index < -0.39 is 6.04 Å². The number of hydrogen-bond acceptors (Lipinski definition) is 3. The van der Waals surface area contributed by atoms with Crippen LogP contribution in [0.15, 0.2) is 48.2 Å². The number of urea groups is 1. The molecule has 0 saturated carbocycles. The molecular formula is C16H17N3O3. The summed E-state index contributed by atoms with van der Waals surface area (Å²) in [5, 5.41) is 12.2. The molecule has 0 spiro atoms. The van der Waals surface area contributed by atoms with E-state index >= 15 is 0 Å². The molecule has 3 amide bonds. The molecule has 22 heavy (non-hydrogen) atoms. The van der Waals surface area contributed by atoms with E-state index in [-0.39, 0.29) is 17.7 Å². The van der Waals surface area contributed by atoms with Gasteiger partial charge in [0.1, 0.15) is 5.75 Å². The minimum absolute atomic E-state index is 0.0974. The molecular weight excluding hydrogens is 282 g/mol. The second kappa shape index (κ2) is 5.22. The molecule has 0 radical (unpaired) electrons. The first-order chi connectivity index (χ1) is 10.5. The first kappa shape index (κ1) is 14.2. The Morgan fingerprint density at radius 3 is 2.68 bits per heavy atom. The van der Waals surface area contributed by atoms with Crippen LogP contribution in [0.5, 0.6) is 5.75 Å². The fourth-order valence-corrected chi connectivity index (χ4v) is 2.84. The highest BCUT2D eigenvalue weighted by Gasteiger charge is 2.42. The average Bonchev–Trinajstić information content (AvgIpc) is 2.82. The minimum Gasteiger partial charge on any atom is -0.508 e. The summed E-state index contributed by atoms with van der Waals surface area (Å²) in [5.74, 6) is 0.0445. The molecule has 0 fully saturated rings. The number of likely N-dealkylation sites (N-methyl/N-ethyl adjacent to an activating group) is 1. The predicted molar refractivity (Wildman–Crippen MR) is 80.9 cm³/mol. The molecule has 114 valence electrons. The van der Waals surface area contributed by atoms with Gasteiger partial charge in [-0.05, 0) is 17.7 Å². The van der Waals surface area contributed by atoms with Crippen LogP contribution in [0, 0.1) is 0 Å². The topological polar surface area (TPSA) is 72.9 Å². The molecule has 1 atom stereocenters. The van der Waals surface area contributed by atoms with Crippen molar-refractivity contribution in [1.29, 1.82) is 0 Å². The van der Waals surface area contributed by atoms with Crippen molar-refractivity contribution in [2.45, 2.75) is 6.04 Å². The van der Waals surface area contributed by atoms with Crippen LogP contribution in [0.25, 0.3) is 0 Å². The zero-order valence-electron chi connectivity index (χ0n) is 12.2. The van der Waals surface area contributed by atoms with Crippen molar-refractivity contribution < 1.29 is 14.7 Å². The SMILES string of the molecule is C=CCN1CC2=C(C1=O)[C@H](c1ccc(O)cc1)NC(=O)N2C. The molecule has 0 saturated heterocycles. The number of rotatable bonds is 3. The lowest BCUT2D eigenvalue weighted by Gasteiger charge is -2.31. The van der Waals surface area contributed by atoms with E-state index in [0.717, 1.165) is 5.56 Å². The number of nitrogens with zero attached hydrogens (tertiary/aromatic N) is 2. The van der Waals surface area contributed by atoms with Crippen LogP contribution >= 0.6 is 0 Å². The smallest absolute Gasteiger partial charge is 0.322 e. The molecule has 1 aromatic rings. The zero-order valence-corrected chi connectivity index (χ0v) is 12.2. The first-order valence-corrected chi connectivity index (χ1v) is 6.99. The van der Waals surface area contributed by atoms with Gasteiger partial charge in [0.25, 0.3) is 5.91 Å². The van der Waals surface area contributed by atoms with E-state index in [4.69, 9.17) is 0 Å². The highest BCUT2D eigenvalue weighted by Crippen LogP contribution is 2.35. The van der Waals surface area contributed by atoms with E-state index in [1.54, 1.807) is 42.3 Å². The van der Waals surface area contributed by atoms with Crippen molar-refractivity contribution in [2.24, 2.45) is 0 Å². The Kier molecular flexibility index (Phi) is 3.36. The number of carbonyl (C=O) groups excluding carboxylic acids is 2. The Balaban J connectivity index is 2.03. The summed E-state index contributed by atoms with van der Waals surface area (Å²) in [7, 11) is 1.66. The Labute approximate surface area is 128 Å². The van der Waals surface area contributed by atoms with Crippen LogP contribution in [0.3, 0.4) is 0 Å². The van der Waals surface area contributed by atoms with Crippen molar-refractivity contribution in [3.63, 3.8) is 0 Å².